The largest absolute Gasteiger partial charge is 0.383 e. The van der Waals surface area contributed by atoms with Crippen molar-refractivity contribution in [2.75, 3.05) is 5.73 Å². The summed E-state index contributed by atoms with van der Waals surface area (Å²) in [6, 6.07) is 3.46. The molecule has 2 rings (SSSR count). The van der Waals surface area contributed by atoms with Gasteiger partial charge in [0.1, 0.15) is 28.8 Å². The molecule has 80 valence electrons. The van der Waals surface area contributed by atoms with Crippen molar-refractivity contribution in [2.45, 2.75) is 0 Å². The highest BCUT2D eigenvalue weighted by Gasteiger charge is 2.16. The Morgan fingerprint density at radius 3 is 2.75 bits per heavy atom. The van der Waals surface area contributed by atoms with E-state index in [1.54, 1.807) is 0 Å². The summed E-state index contributed by atoms with van der Waals surface area (Å²) in [5.41, 5.74) is 6.44. The van der Waals surface area contributed by atoms with E-state index < -0.39 is 0 Å². The van der Waals surface area contributed by atoms with Crippen LogP contribution in [0.5, 0.6) is 0 Å². The highest BCUT2D eigenvalue weighted by atomic mass is 35.5. The molecule has 0 saturated carbocycles. The highest BCUT2D eigenvalue weighted by molar-refractivity contribution is 6.36. The number of hydrogen-bond acceptors (Lipinski definition) is 4. The minimum absolute atomic E-state index is 0.185. The lowest BCUT2D eigenvalue weighted by molar-refractivity contribution is 1.09. The molecule has 0 amide bonds. The number of aromatic nitrogens is 3. The summed E-state index contributed by atoms with van der Waals surface area (Å²) in [6.07, 6.45) is 1.43. The molecule has 16 heavy (non-hydrogen) atoms. The van der Waals surface area contributed by atoms with Gasteiger partial charge < -0.3 is 5.73 Å². The fraction of sp³-hybridized carbons (Fsp3) is 0. The Morgan fingerprint density at radius 2 is 2.12 bits per heavy atom. The topological polar surface area (TPSA) is 91.4 Å². The van der Waals surface area contributed by atoms with Gasteiger partial charge in [-0.25, -0.2) is 0 Å². The van der Waals surface area contributed by atoms with Crippen LogP contribution in [-0.4, -0.2) is 15.2 Å². The zero-order valence-electron chi connectivity index (χ0n) is 7.83. The van der Waals surface area contributed by atoms with E-state index in [-0.39, 0.29) is 11.4 Å². The predicted octanol–water partition coefficient (Wildman–Crippen LogP) is 2.23. The third-order valence-electron chi connectivity index (χ3n) is 1.94. The average Bonchev–Trinajstić information content (AvgIpc) is 2.59. The van der Waals surface area contributed by atoms with E-state index >= 15 is 0 Å². The summed E-state index contributed by atoms with van der Waals surface area (Å²) < 4.78 is 0. The summed E-state index contributed by atoms with van der Waals surface area (Å²) in [4.78, 5) is 4.02. The van der Waals surface area contributed by atoms with Gasteiger partial charge in [0.05, 0.1) is 10.0 Å². The number of anilines is 1. The molecule has 0 aliphatic heterocycles. The molecule has 7 heteroatoms. The molecule has 0 unspecified atom stereocenters. The number of nitrogens with one attached hydrogen (secondary N) is 1. The Bertz CT molecular complexity index is 584. The van der Waals surface area contributed by atoms with Crippen LogP contribution in [0, 0.1) is 11.3 Å². The molecular weight excluding hydrogens is 249 g/mol. The van der Waals surface area contributed by atoms with Gasteiger partial charge in [0.2, 0.25) is 0 Å². The van der Waals surface area contributed by atoms with Gasteiger partial charge in [0.15, 0.2) is 0 Å². The summed E-state index contributed by atoms with van der Waals surface area (Å²) in [7, 11) is 0. The lowest BCUT2D eigenvalue weighted by Crippen LogP contribution is -1.90. The Kier molecular flexibility index (Phi) is 2.69. The Morgan fingerprint density at radius 1 is 1.38 bits per heavy atom. The number of nitriles is 1. The molecule has 0 aliphatic rings. The maximum atomic E-state index is 8.91. The third kappa shape index (κ3) is 1.69. The van der Waals surface area contributed by atoms with Crippen LogP contribution in [0.1, 0.15) is 5.56 Å². The number of pyridine rings is 1. The molecule has 5 nitrogen and oxygen atoms in total. The molecule has 0 aliphatic carbocycles. The number of nitrogens with zero attached hydrogens (tertiary/aromatic N) is 3. The molecule has 0 spiro atoms. The maximum absolute atomic E-state index is 8.91. The van der Waals surface area contributed by atoms with Crippen LogP contribution in [-0.2, 0) is 0 Å². The Hall–Kier alpha value is -1.77. The molecule has 0 saturated heterocycles. The monoisotopic (exact) mass is 253 g/mol. The van der Waals surface area contributed by atoms with E-state index in [0.29, 0.717) is 21.4 Å². The van der Waals surface area contributed by atoms with Gasteiger partial charge in [-0.2, -0.15) is 10.4 Å². The van der Waals surface area contributed by atoms with Gasteiger partial charge >= 0.3 is 0 Å². The van der Waals surface area contributed by atoms with Crippen molar-refractivity contribution >= 4 is 29.0 Å². The number of H-pyrrole nitrogens is 1. The molecule has 3 N–H and O–H groups in total. The second-order valence-corrected chi connectivity index (χ2v) is 3.80. The van der Waals surface area contributed by atoms with Crippen molar-refractivity contribution in [1.29, 1.82) is 5.26 Å². The Balaban J connectivity index is 2.64. The Labute approximate surface area is 101 Å². The van der Waals surface area contributed by atoms with Crippen LogP contribution < -0.4 is 5.73 Å². The molecule has 0 fully saturated rings. The van der Waals surface area contributed by atoms with Gasteiger partial charge in [-0.05, 0) is 6.07 Å². The van der Waals surface area contributed by atoms with Crippen LogP contribution in [0.3, 0.4) is 0 Å². The molecule has 0 atom stereocenters. The van der Waals surface area contributed by atoms with E-state index in [0.717, 1.165) is 0 Å². The van der Waals surface area contributed by atoms with Crippen LogP contribution in [0.2, 0.25) is 10.0 Å². The van der Waals surface area contributed by atoms with Crippen LogP contribution in [0.4, 0.5) is 5.82 Å². The minimum atomic E-state index is 0.185. The second kappa shape index (κ2) is 4.00. The maximum Gasteiger partial charge on any atom is 0.137 e. The number of nitrogen functional groups attached to an aromatic ring is 1. The van der Waals surface area contributed by atoms with E-state index in [9.17, 15) is 0 Å². The first-order valence-corrected chi connectivity index (χ1v) is 4.94. The zero-order valence-corrected chi connectivity index (χ0v) is 9.34. The average molecular weight is 254 g/mol. The number of nitrogens with two attached hydrogens (primary N) is 1. The summed E-state index contributed by atoms with van der Waals surface area (Å²) >= 11 is 11.7. The van der Waals surface area contributed by atoms with Crippen molar-refractivity contribution in [2.24, 2.45) is 0 Å². The van der Waals surface area contributed by atoms with Crippen molar-refractivity contribution in [3.8, 4) is 17.5 Å². The van der Waals surface area contributed by atoms with Crippen molar-refractivity contribution < 1.29 is 0 Å². The van der Waals surface area contributed by atoms with E-state index in [1.165, 1.54) is 12.3 Å². The smallest absolute Gasteiger partial charge is 0.137 e. The molecule has 2 aromatic heterocycles. The highest BCUT2D eigenvalue weighted by Crippen LogP contribution is 2.30. The first-order chi connectivity index (χ1) is 7.63. The second-order valence-electron chi connectivity index (χ2n) is 2.96. The summed E-state index contributed by atoms with van der Waals surface area (Å²) in [5, 5.41) is 16.0. The molecule has 0 bridgehead atoms. The summed E-state index contributed by atoms with van der Waals surface area (Å²) in [6.45, 7) is 0. The molecule has 2 aromatic rings. The van der Waals surface area contributed by atoms with Crippen molar-refractivity contribution in [3.63, 3.8) is 0 Å². The fourth-order valence-corrected chi connectivity index (χ4v) is 1.70. The number of hydrogen-bond donors (Lipinski definition) is 2. The van der Waals surface area contributed by atoms with Gasteiger partial charge in [-0.1, -0.05) is 23.2 Å². The number of aromatic amines is 1. The van der Waals surface area contributed by atoms with E-state index in [4.69, 9.17) is 34.2 Å². The van der Waals surface area contributed by atoms with E-state index in [2.05, 4.69) is 15.2 Å². The van der Waals surface area contributed by atoms with Crippen molar-refractivity contribution in [1.82, 2.24) is 15.2 Å². The third-order valence-corrected chi connectivity index (χ3v) is 2.43. The fourth-order valence-electron chi connectivity index (χ4n) is 1.23. The normalized spacial score (nSPS) is 10.1. The van der Waals surface area contributed by atoms with Gasteiger partial charge in [0.25, 0.3) is 0 Å². The minimum Gasteiger partial charge on any atom is -0.383 e. The molecular formula is C9H5Cl2N5. The predicted molar refractivity (Wildman–Crippen MR) is 61.0 cm³/mol. The molecule has 0 radical (unpaired) electrons. The van der Waals surface area contributed by atoms with Crippen molar-refractivity contribution in [3.05, 3.63) is 27.9 Å². The summed E-state index contributed by atoms with van der Waals surface area (Å²) in [5.74, 6) is 0.185. The van der Waals surface area contributed by atoms with Crippen LogP contribution >= 0.6 is 23.2 Å². The van der Waals surface area contributed by atoms with Gasteiger partial charge in [0, 0.05) is 6.20 Å². The standard InChI is InChI=1S/C9H5Cl2N5/c10-4-1-6(11)8(14-3-4)7-5(2-12)9(13)16-15-7/h1,3H,(H3,13,15,16). The SMILES string of the molecule is N#Cc1c(-c2ncc(Cl)cc2Cl)n[nH]c1N. The quantitative estimate of drug-likeness (QED) is 0.816. The van der Waals surface area contributed by atoms with Gasteiger partial charge in [-0.3, -0.25) is 10.1 Å². The van der Waals surface area contributed by atoms with Gasteiger partial charge in [-0.15, -0.1) is 0 Å². The number of halogens is 2. The lowest BCUT2D eigenvalue weighted by Gasteiger charge is -2.00. The van der Waals surface area contributed by atoms with Crippen LogP contribution in [0.15, 0.2) is 12.3 Å². The molecule has 0 aromatic carbocycles. The number of rotatable bonds is 1. The molecule has 2 heterocycles. The first-order valence-electron chi connectivity index (χ1n) is 4.19. The zero-order chi connectivity index (χ0) is 11.7. The van der Waals surface area contributed by atoms with Crippen LogP contribution in [0.25, 0.3) is 11.4 Å². The van der Waals surface area contributed by atoms with E-state index in [1.807, 2.05) is 6.07 Å². The lowest BCUT2D eigenvalue weighted by atomic mass is 10.2. The first kappa shape index (κ1) is 10.7.